The number of methoxy groups -OCH3 is 1. The number of para-hydroxylation sites is 1. The van der Waals surface area contributed by atoms with Gasteiger partial charge in [-0.05, 0) is 31.4 Å². The monoisotopic (exact) mass is 291 g/mol. The van der Waals surface area contributed by atoms with Crippen molar-refractivity contribution in [3.8, 4) is 5.75 Å². The Morgan fingerprint density at radius 2 is 2.19 bits per heavy atom. The lowest BCUT2D eigenvalue weighted by molar-refractivity contribution is -0.144. The molecule has 0 aliphatic carbocycles. The van der Waals surface area contributed by atoms with Crippen molar-refractivity contribution in [2.24, 2.45) is 0 Å². The van der Waals surface area contributed by atoms with Gasteiger partial charge in [-0.1, -0.05) is 18.2 Å². The van der Waals surface area contributed by atoms with Crippen LogP contribution in [0.15, 0.2) is 30.3 Å². The van der Waals surface area contributed by atoms with Gasteiger partial charge in [-0.3, -0.25) is 4.90 Å². The Morgan fingerprint density at radius 3 is 2.90 bits per heavy atom. The molecule has 1 aromatic rings. The highest BCUT2D eigenvalue weighted by molar-refractivity contribution is 5.20. The molecule has 0 radical (unpaired) electrons. The molecular weight excluding hydrogens is 266 g/mol. The fraction of sp³-hybridized carbons (Fsp3) is 0.647. The molecule has 0 amide bonds. The van der Waals surface area contributed by atoms with Crippen molar-refractivity contribution < 1.29 is 14.2 Å². The molecule has 2 saturated heterocycles. The molecule has 0 N–H and O–H groups in total. The summed E-state index contributed by atoms with van der Waals surface area (Å²) in [5.74, 6) is 0.941. The third kappa shape index (κ3) is 3.39. The fourth-order valence-electron chi connectivity index (χ4n) is 3.55. The Kier molecular flexibility index (Phi) is 4.78. The summed E-state index contributed by atoms with van der Waals surface area (Å²) in [7, 11) is 1.81. The molecule has 4 nitrogen and oxygen atoms in total. The Labute approximate surface area is 127 Å². The molecule has 2 atom stereocenters. The summed E-state index contributed by atoms with van der Waals surface area (Å²) in [6.45, 7) is 4.55. The molecule has 2 aliphatic rings. The molecule has 2 aliphatic heterocycles. The molecule has 0 bridgehead atoms. The van der Waals surface area contributed by atoms with Gasteiger partial charge in [0.1, 0.15) is 18.0 Å². The van der Waals surface area contributed by atoms with Crippen LogP contribution < -0.4 is 4.74 Å². The predicted molar refractivity (Wildman–Crippen MR) is 81.7 cm³/mol. The van der Waals surface area contributed by atoms with Crippen molar-refractivity contribution >= 4 is 0 Å². The maximum Gasteiger partial charge on any atom is 0.119 e. The summed E-state index contributed by atoms with van der Waals surface area (Å²) < 4.78 is 17.5. The van der Waals surface area contributed by atoms with Crippen molar-refractivity contribution in [3.05, 3.63) is 30.3 Å². The average Bonchev–Trinajstić information content (AvgIpc) is 2.97. The zero-order valence-electron chi connectivity index (χ0n) is 12.8. The minimum Gasteiger partial charge on any atom is -0.492 e. The highest BCUT2D eigenvalue weighted by Gasteiger charge is 2.46. The topological polar surface area (TPSA) is 30.9 Å². The molecule has 1 aromatic carbocycles. The first-order valence-electron chi connectivity index (χ1n) is 7.89. The number of likely N-dealkylation sites (tertiary alicyclic amines) is 1. The van der Waals surface area contributed by atoms with Crippen molar-refractivity contribution in [1.29, 1.82) is 0 Å². The molecule has 116 valence electrons. The standard InChI is InChI=1S/C17H25NO3/c1-19-16-8-10-18(14-17(16)9-5-12-21-17)11-13-20-15-6-3-2-4-7-15/h2-4,6-7,16H,5,8-14H2,1H3/t16-,17-/m0/s1. The van der Waals surface area contributed by atoms with E-state index in [9.17, 15) is 0 Å². The van der Waals surface area contributed by atoms with Gasteiger partial charge in [0.25, 0.3) is 0 Å². The first kappa shape index (κ1) is 14.8. The SMILES string of the molecule is CO[C@H]1CCN(CCOc2ccccc2)C[C@@]12CCCO2. The van der Waals surface area contributed by atoms with Crippen molar-refractivity contribution in [3.63, 3.8) is 0 Å². The van der Waals surface area contributed by atoms with E-state index in [1.807, 2.05) is 37.4 Å². The van der Waals surface area contributed by atoms with Gasteiger partial charge in [-0.25, -0.2) is 0 Å². The second-order valence-corrected chi connectivity index (χ2v) is 5.97. The molecule has 2 fully saturated rings. The van der Waals surface area contributed by atoms with Gasteiger partial charge in [0.05, 0.1) is 6.10 Å². The summed E-state index contributed by atoms with van der Waals surface area (Å²) in [6, 6.07) is 10.0. The zero-order valence-corrected chi connectivity index (χ0v) is 12.8. The lowest BCUT2D eigenvalue weighted by Gasteiger charge is -2.44. The summed E-state index contributed by atoms with van der Waals surface area (Å²) in [6.07, 6.45) is 3.55. The maximum atomic E-state index is 6.07. The first-order valence-corrected chi connectivity index (χ1v) is 7.89. The van der Waals surface area contributed by atoms with E-state index in [1.165, 1.54) is 0 Å². The van der Waals surface area contributed by atoms with Gasteiger partial charge >= 0.3 is 0 Å². The summed E-state index contributed by atoms with van der Waals surface area (Å²) >= 11 is 0. The van der Waals surface area contributed by atoms with E-state index in [1.54, 1.807) is 0 Å². The van der Waals surface area contributed by atoms with Gasteiger partial charge in [0.15, 0.2) is 0 Å². The van der Waals surface area contributed by atoms with Crippen LogP contribution in [0.5, 0.6) is 5.75 Å². The molecule has 0 saturated carbocycles. The van der Waals surface area contributed by atoms with E-state index >= 15 is 0 Å². The summed E-state index contributed by atoms with van der Waals surface area (Å²) in [4.78, 5) is 2.45. The molecule has 4 heteroatoms. The summed E-state index contributed by atoms with van der Waals surface area (Å²) in [5, 5.41) is 0. The van der Waals surface area contributed by atoms with Crippen LogP contribution in [-0.4, -0.2) is 56.6 Å². The molecule has 0 aromatic heterocycles. The van der Waals surface area contributed by atoms with Crippen LogP contribution in [0.1, 0.15) is 19.3 Å². The van der Waals surface area contributed by atoms with Crippen molar-refractivity contribution in [2.45, 2.75) is 31.0 Å². The Bertz CT molecular complexity index is 431. The van der Waals surface area contributed by atoms with Crippen molar-refractivity contribution in [2.75, 3.05) is 40.0 Å². The minimum absolute atomic E-state index is 0.0836. The minimum atomic E-state index is -0.0836. The van der Waals surface area contributed by atoms with Crippen LogP contribution >= 0.6 is 0 Å². The van der Waals surface area contributed by atoms with Gasteiger partial charge in [-0.2, -0.15) is 0 Å². The number of rotatable bonds is 5. The lowest BCUT2D eigenvalue weighted by atomic mass is 9.87. The van der Waals surface area contributed by atoms with E-state index in [0.717, 1.165) is 57.9 Å². The number of piperidine rings is 1. The summed E-state index contributed by atoms with van der Waals surface area (Å²) in [5.41, 5.74) is -0.0836. The van der Waals surface area contributed by atoms with Gasteiger partial charge < -0.3 is 14.2 Å². The molecule has 2 heterocycles. The second kappa shape index (κ2) is 6.77. The van der Waals surface area contributed by atoms with Crippen LogP contribution in [-0.2, 0) is 9.47 Å². The molecular formula is C17H25NO3. The van der Waals surface area contributed by atoms with Crippen LogP contribution in [0.3, 0.4) is 0 Å². The molecule has 1 spiro atoms. The van der Waals surface area contributed by atoms with Crippen LogP contribution in [0.25, 0.3) is 0 Å². The molecule has 21 heavy (non-hydrogen) atoms. The number of ether oxygens (including phenoxy) is 3. The van der Waals surface area contributed by atoms with E-state index in [2.05, 4.69) is 4.90 Å². The normalized spacial score (nSPS) is 29.9. The van der Waals surface area contributed by atoms with E-state index < -0.39 is 0 Å². The number of hydrogen-bond donors (Lipinski definition) is 0. The van der Waals surface area contributed by atoms with Crippen LogP contribution in [0.2, 0.25) is 0 Å². The van der Waals surface area contributed by atoms with E-state index in [4.69, 9.17) is 14.2 Å². The highest BCUT2D eigenvalue weighted by Crippen LogP contribution is 2.36. The second-order valence-electron chi connectivity index (χ2n) is 5.97. The fourth-order valence-corrected chi connectivity index (χ4v) is 3.55. The predicted octanol–water partition coefficient (Wildman–Crippen LogP) is 2.34. The third-order valence-electron chi connectivity index (χ3n) is 4.62. The Morgan fingerprint density at radius 1 is 1.33 bits per heavy atom. The van der Waals surface area contributed by atoms with Gasteiger partial charge in [0, 0.05) is 33.4 Å². The molecule has 0 unspecified atom stereocenters. The number of nitrogens with zero attached hydrogens (tertiary/aromatic N) is 1. The zero-order chi connectivity index (χ0) is 14.5. The van der Waals surface area contributed by atoms with Crippen molar-refractivity contribution in [1.82, 2.24) is 4.90 Å². The molecule has 3 rings (SSSR count). The van der Waals surface area contributed by atoms with Gasteiger partial charge in [0.2, 0.25) is 0 Å². The number of benzene rings is 1. The smallest absolute Gasteiger partial charge is 0.119 e. The Balaban J connectivity index is 1.50. The van der Waals surface area contributed by atoms with Crippen LogP contribution in [0.4, 0.5) is 0 Å². The van der Waals surface area contributed by atoms with E-state index in [-0.39, 0.29) is 11.7 Å². The first-order chi connectivity index (χ1) is 10.3. The number of hydrogen-bond acceptors (Lipinski definition) is 4. The average molecular weight is 291 g/mol. The largest absolute Gasteiger partial charge is 0.492 e. The van der Waals surface area contributed by atoms with Crippen LogP contribution in [0, 0.1) is 0 Å². The van der Waals surface area contributed by atoms with Gasteiger partial charge in [-0.15, -0.1) is 0 Å². The lowest BCUT2D eigenvalue weighted by Crippen LogP contribution is -2.57. The third-order valence-corrected chi connectivity index (χ3v) is 4.62. The maximum absolute atomic E-state index is 6.07. The Hall–Kier alpha value is -1.10. The highest BCUT2D eigenvalue weighted by atomic mass is 16.6. The quantitative estimate of drug-likeness (QED) is 0.833. The van der Waals surface area contributed by atoms with E-state index in [0.29, 0.717) is 0 Å².